The molecule has 5 atom stereocenters. The fourth-order valence-electron chi connectivity index (χ4n) is 4.24. The second-order valence-electron chi connectivity index (χ2n) is 4.89. The van der Waals surface area contributed by atoms with Crippen LogP contribution >= 0.6 is 12.4 Å². The molecule has 2 heteroatoms. The molecular formula is C10H18ClN. The summed E-state index contributed by atoms with van der Waals surface area (Å²) in [7, 11) is 0. The van der Waals surface area contributed by atoms with E-state index >= 15 is 0 Å². The van der Waals surface area contributed by atoms with Gasteiger partial charge in [0, 0.05) is 0 Å². The van der Waals surface area contributed by atoms with E-state index in [9.17, 15) is 0 Å². The molecule has 0 radical (unpaired) electrons. The quantitative estimate of drug-likeness (QED) is 0.668. The molecule has 2 N–H and O–H groups in total. The zero-order chi connectivity index (χ0) is 7.42. The smallest absolute Gasteiger partial charge is 0.00435 e. The van der Waals surface area contributed by atoms with Gasteiger partial charge in [-0.05, 0) is 61.8 Å². The molecule has 12 heavy (non-hydrogen) atoms. The summed E-state index contributed by atoms with van der Waals surface area (Å²) < 4.78 is 0. The van der Waals surface area contributed by atoms with E-state index in [1.807, 2.05) is 0 Å². The first-order valence-electron chi connectivity index (χ1n) is 5.08. The average molecular weight is 188 g/mol. The maximum Gasteiger partial charge on any atom is -0.00435 e. The van der Waals surface area contributed by atoms with Crippen LogP contribution in [0.25, 0.3) is 0 Å². The third-order valence-electron chi connectivity index (χ3n) is 4.52. The van der Waals surface area contributed by atoms with Crippen molar-refractivity contribution in [1.29, 1.82) is 0 Å². The highest BCUT2D eigenvalue weighted by atomic mass is 35.5. The molecule has 0 spiro atoms. The standard InChI is InChI=1S/C10H17N.ClH/c11-5-10-8-2-6-1-7(4-8)9(10)3-6;/h6-10H,1-5,11H2;1H. The summed E-state index contributed by atoms with van der Waals surface area (Å²) in [6.07, 6.45) is 6.14. The van der Waals surface area contributed by atoms with Crippen LogP contribution in [-0.2, 0) is 0 Å². The second-order valence-corrected chi connectivity index (χ2v) is 4.89. The van der Waals surface area contributed by atoms with Gasteiger partial charge in [-0.2, -0.15) is 0 Å². The Bertz CT molecular complexity index is 179. The lowest BCUT2D eigenvalue weighted by atomic mass is 9.76. The number of hydrogen-bond acceptors (Lipinski definition) is 1. The summed E-state index contributed by atoms with van der Waals surface area (Å²) in [6, 6.07) is 0. The van der Waals surface area contributed by atoms with Crippen LogP contribution in [0.4, 0.5) is 0 Å². The van der Waals surface area contributed by atoms with Gasteiger partial charge in [0.15, 0.2) is 0 Å². The van der Waals surface area contributed by atoms with E-state index in [-0.39, 0.29) is 12.4 Å². The Labute approximate surface area is 80.5 Å². The Balaban J connectivity index is 0.000000563. The molecule has 0 aromatic heterocycles. The molecule has 0 heterocycles. The summed E-state index contributed by atoms with van der Waals surface area (Å²) in [5, 5.41) is 0. The molecule has 0 amide bonds. The molecule has 4 rings (SSSR count). The molecule has 4 bridgehead atoms. The fourth-order valence-corrected chi connectivity index (χ4v) is 4.24. The van der Waals surface area contributed by atoms with Gasteiger partial charge in [0.05, 0.1) is 0 Å². The van der Waals surface area contributed by atoms with E-state index in [2.05, 4.69) is 0 Å². The molecule has 4 aliphatic carbocycles. The van der Waals surface area contributed by atoms with Crippen molar-refractivity contribution in [2.24, 2.45) is 35.3 Å². The lowest BCUT2D eigenvalue weighted by molar-refractivity contribution is 0.202. The van der Waals surface area contributed by atoms with E-state index in [1.54, 1.807) is 6.42 Å². The maximum absolute atomic E-state index is 5.80. The van der Waals surface area contributed by atoms with Crippen molar-refractivity contribution in [2.45, 2.75) is 25.7 Å². The van der Waals surface area contributed by atoms with E-state index < -0.39 is 0 Å². The largest absolute Gasteiger partial charge is 0.330 e. The molecule has 0 aromatic rings. The van der Waals surface area contributed by atoms with Crippen molar-refractivity contribution in [3.63, 3.8) is 0 Å². The maximum atomic E-state index is 5.80. The van der Waals surface area contributed by atoms with Gasteiger partial charge in [0.1, 0.15) is 0 Å². The summed E-state index contributed by atoms with van der Waals surface area (Å²) >= 11 is 0. The minimum Gasteiger partial charge on any atom is -0.330 e. The topological polar surface area (TPSA) is 26.0 Å². The highest BCUT2D eigenvalue weighted by Crippen LogP contribution is 2.60. The summed E-state index contributed by atoms with van der Waals surface area (Å²) in [6.45, 7) is 0.971. The summed E-state index contributed by atoms with van der Waals surface area (Å²) in [5.41, 5.74) is 5.80. The van der Waals surface area contributed by atoms with Gasteiger partial charge in [-0.1, -0.05) is 0 Å². The highest BCUT2D eigenvalue weighted by molar-refractivity contribution is 5.85. The van der Waals surface area contributed by atoms with Crippen molar-refractivity contribution in [1.82, 2.24) is 0 Å². The Morgan fingerprint density at radius 1 is 1.00 bits per heavy atom. The van der Waals surface area contributed by atoms with Gasteiger partial charge in [0.2, 0.25) is 0 Å². The molecule has 1 nitrogen and oxygen atoms in total. The number of hydrogen-bond donors (Lipinski definition) is 1. The Morgan fingerprint density at radius 2 is 1.75 bits per heavy atom. The molecule has 4 saturated carbocycles. The molecule has 4 fully saturated rings. The summed E-state index contributed by atoms with van der Waals surface area (Å²) in [4.78, 5) is 0. The van der Waals surface area contributed by atoms with Gasteiger partial charge in [-0.15, -0.1) is 12.4 Å². The Morgan fingerprint density at radius 3 is 2.42 bits per heavy atom. The highest BCUT2D eigenvalue weighted by Gasteiger charge is 2.52. The lowest BCUT2D eigenvalue weighted by Crippen LogP contribution is -2.29. The zero-order valence-corrected chi connectivity index (χ0v) is 8.22. The molecule has 0 saturated heterocycles. The number of rotatable bonds is 1. The lowest BCUT2D eigenvalue weighted by Gasteiger charge is -2.31. The molecule has 4 aliphatic rings. The van der Waals surface area contributed by atoms with Gasteiger partial charge >= 0.3 is 0 Å². The first kappa shape index (κ1) is 8.83. The van der Waals surface area contributed by atoms with Gasteiger partial charge in [-0.25, -0.2) is 0 Å². The molecule has 70 valence electrons. The van der Waals surface area contributed by atoms with E-state index in [0.717, 1.165) is 36.1 Å². The summed E-state index contributed by atoms with van der Waals surface area (Å²) in [5.74, 6) is 5.25. The van der Waals surface area contributed by atoms with Crippen LogP contribution < -0.4 is 5.73 Å². The predicted octanol–water partition coefficient (Wildman–Crippen LogP) is 2.05. The van der Waals surface area contributed by atoms with Crippen molar-refractivity contribution >= 4 is 12.4 Å². The van der Waals surface area contributed by atoms with E-state index in [1.165, 1.54) is 19.3 Å². The monoisotopic (exact) mass is 187 g/mol. The van der Waals surface area contributed by atoms with Crippen LogP contribution in [-0.4, -0.2) is 6.54 Å². The Hall–Kier alpha value is 0.250. The van der Waals surface area contributed by atoms with Crippen LogP contribution in [0.15, 0.2) is 0 Å². The van der Waals surface area contributed by atoms with Crippen LogP contribution in [0.3, 0.4) is 0 Å². The van der Waals surface area contributed by atoms with E-state index in [4.69, 9.17) is 5.73 Å². The van der Waals surface area contributed by atoms with Crippen molar-refractivity contribution in [3.8, 4) is 0 Å². The van der Waals surface area contributed by atoms with Gasteiger partial charge in [0.25, 0.3) is 0 Å². The van der Waals surface area contributed by atoms with Crippen LogP contribution in [0.1, 0.15) is 25.7 Å². The average Bonchev–Trinajstić information content (AvgIpc) is 2.40. The Kier molecular flexibility index (Phi) is 2.12. The third kappa shape index (κ3) is 0.958. The van der Waals surface area contributed by atoms with Gasteiger partial charge in [-0.3, -0.25) is 0 Å². The van der Waals surface area contributed by atoms with Crippen molar-refractivity contribution in [2.75, 3.05) is 6.54 Å². The molecular weight excluding hydrogens is 170 g/mol. The van der Waals surface area contributed by atoms with Crippen molar-refractivity contribution < 1.29 is 0 Å². The normalized spacial score (nSPS) is 54.2. The van der Waals surface area contributed by atoms with Crippen LogP contribution in [0.5, 0.6) is 0 Å². The molecule has 0 aromatic carbocycles. The first-order valence-corrected chi connectivity index (χ1v) is 5.08. The van der Waals surface area contributed by atoms with Crippen LogP contribution in [0.2, 0.25) is 0 Å². The molecule has 5 unspecified atom stereocenters. The number of nitrogens with two attached hydrogens (primary N) is 1. The van der Waals surface area contributed by atoms with Crippen molar-refractivity contribution in [3.05, 3.63) is 0 Å². The minimum atomic E-state index is 0. The third-order valence-corrected chi connectivity index (χ3v) is 4.52. The van der Waals surface area contributed by atoms with Crippen LogP contribution in [0, 0.1) is 29.6 Å². The number of halogens is 1. The first-order chi connectivity index (χ1) is 5.38. The van der Waals surface area contributed by atoms with Gasteiger partial charge < -0.3 is 5.73 Å². The SMILES string of the molecule is Cl.NCC1C2CC3CC(C2)C1C3. The zero-order valence-electron chi connectivity index (χ0n) is 7.41. The predicted molar refractivity (Wildman–Crippen MR) is 52.2 cm³/mol. The second kappa shape index (κ2) is 2.88. The van der Waals surface area contributed by atoms with E-state index in [0.29, 0.717) is 0 Å². The minimum absolute atomic E-state index is 0. The molecule has 0 aliphatic heterocycles. The fraction of sp³-hybridized carbons (Fsp3) is 1.00.